The van der Waals surface area contributed by atoms with Crippen molar-refractivity contribution in [1.82, 2.24) is 0 Å². The van der Waals surface area contributed by atoms with Crippen molar-refractivity contribution in [2.24, 2.45) is 0 Å². The zero-order valence-corrected chi connectivity index (χ0v) is 13.1. The highest BCUT2D eigenvalue weighted by molar-refractivity contribution is 5.81. The van der Waals surface area contributed by atoms with Gasteiger partial charge in [-0.05, 0) is 27.2 Å². The second kappa shape index (κ2) is 11.9. The van der Waals surface area contributed by atoms with E-state index in [4.69, 9.17) is 18.9 Å². The lowest BCUT2D eigenvalue weighted by Crippen LogP contribution is -2.27. The summed E-state index contributed by atoms with van der Waals surface area (Å²) in [4.78, 5) is 11.0. The van der Waals surface area contributed by atoms with Crippen molar-refractivity contribution in [2.75, 3.05) is 26.4 Å². The topological polar surface area (TPSA) is 54.0 Å². The van der Waals surface area contributed by atoms with E-state index in [0.717, 1.165) is 19.1 Å². The highest BCUT2D eigenvalue weighted by atomic mass is 16.6. The Bertz CT molecular complexity index is 267. The molecule has 0 saturated carbocycles. The molecule has 0 aromatic carbocycles. The average molecular weight is 288 g/mol. The standard InChI is InChI=1S/C15H28O5/c1-6-8-17-9-12(3)18-10-13(4)19-11-14(5)20-15(16)7-2/h7,12-14H,2,6,8-11H2,1,3-5H3. The summed E-state index contributed by atoms with van der Waals surface area (Å²) in [7, 11) is 0. The first-order valence-corrected chi connectivity index (χ1v) is 7.13. The van der Waals surface area contributed by atoms with E-state index < -0.39 is 5.97 Å². The quantitative estimate of drug-likeness (QED) is 0.313. The summed E-state index contributed by atoms with van der Waals surface area (Å²) in [5.74, 6) is -0.438. The largest absolute Gasteiger partial charge is 0.457 e. The smallest absolute Gasteiger partial charge is 0.330 e. The molecule has 0 aromatic heterocycles. The van der Waals surface area contributed by atoms with E-state index in [1.807, 2.05) is 13.8 Å². The third-order valence-electron chi connectivity index (χ3n) is 2.42. The Morgan fingerprint density at radius 1 is 1.05 bits per heavy atom. The molecular weight excluding hydrogens is 260 g/mol. The third-order valence-corrected chi connectivity index (χ3v) is 2.42. The molecule has 3 unspecified atom stereocenters. The maximum absolute atomic E-state index is 11.0. The van der Waals surface area contributed by atoms with Crippen LogP contribution in [0.3, 0.4) is 0 Å². The molecule has 0 amide bonds. The van der Waals surface area contributed by atoms with Gasteiger partial charge in [0, 0.05) is 12.7 Å². The molecule has 0 aliphatic rings. The van der Waals surface area contributed by atoms with E-state index in [2.05, 4.69) is 13.5 Å². The van der Waals surface area contributed by atoms with Crippen LogP contribution in [0.1, 0.15) is 34.1 Å². The molecule has 0 bridgehead atoms. The summed E-state index contributed by atoms with van der Waals surface area (Å²) >= 11 is 0. The summed E-state index contributed by atoms with van der Waals surface area (Å²) in [6, 6.07) is 0. The molecule has 5 heteroatoms. The normalized spacial score (nSPS) is 15.4. The zero-order valence-electron chi connectivity index (χ0n) is 13.1. The Hall–Kier alpha value is -0.910. The Labute approximate surface area is 122 Å². The highest BCUT2D eigenvalue weighted by Gasteiger charge is 2.11. The number of carbonyl (C=O) groups is 1. The van der Waals surface area contributed by atoms with Gasteiger partial charge in [-0.15, -0.1) is 0 Å². The minimum Gasteiger partial charge on any atom is -0.457 e. The summed E-state index contributed by atoms with van der Waals surface area (Å²) < 4.78 is 21.6. The molecule has 0 rings (SSSR count). The van der Waals surface area contributed by atoms with Crippen LogP contribution in [0.15, 0.2) is 12.7 Å². The molecule has 0 heterocycles. The van der Waals surface area contributed by atoms with E-state index >= 15 is 0 Å². The predicted octanol–water partition coefficient (Wildman–Crippen LogP) is 2.34. The number of hydrogen-bond acceptors (Lipinski definition) is 5. The van der Waals surface area contributed by atoms with Gasteiger partial charge < -0.3 is 18.9 Å². The van der Waals surface area contributed by atoms with Crippen LogP contribution < -0.4 is 0 Å². The Morgan fingerprint density at radius 2 is 1.60 bits per heavy atom. The Kier molecular flexibility index (Phi) is 11.3. The summed E-state index contributed by atoms with van der Waals surface area (Å²) in [5, 5.41) is 0. The number of hydrogen-bond donors (Lipinski definition) is 0. The van der Waals surface area contributed by atoms with E-state index in [0.29, 0.717) is 19.8 Å². The van der Waals surface area contributed by atoms with Gasteiger partial charge >= 0.3 is 5.97 Å². The third kappa shape index (κ3) is 11.0. The molecule has 0 saturated heterocycles. The summed E-state index contributed by atoms with van der Waals surface area (Å²) in [6.07, 6.45) is 1.83. The van der Waals surface area contributed by atoms with Crippen molar-refractivity contribution in [1.29, 1.82) is 0 Å². The van der Waals surface area contributed by atoms with Crippen LogP contribution in [-0.4, -0.2) is 50.7 Å². The van der Waals surface area contributed by atoms with Crippen LogP contribution in [0.2, 0.25) is 0 Å². The van der Waals surface area contributed by atoms with Crippen LogP contribution >= 0.6 is 0 Å². The predicted molar refractivity (Wildman–Crippen MR) is 77.7 cm³/mol. The fourth-order valence-corrected chi connectivity index (χ4v) is 1.37. The van der Waals surface area contributed by atoms with Crippen molar-refractivity contribution in [2.45, 2.75) is 52.4 Å². The van der Waals surface area contributed by atoms with Crippen molar-refractivity contribution in [3.8, 4) is 0 Å². The van der Waals surface area contributed by atoms with Gasteiger partial charge in [-0.1, -0.05) is 13.5 Å². The maximum Gasteiger partial charge on any atom is 0.330 e. The molecule has 0 spiro atoms. The highest BCUT2D eigenvalue weighted by Crippen LogP contribution is 2.01. The van der Waals surface area contributed by atoms with Crippen LogP contribution in [0.25, 0.3) is 0 Å². The SMILES string of the molecule is C=CC(=O)OC(C)COC(C)COC(C)COCCC. The molecule has 0 aliphatic carbocycles. The molecular formula is C15H28O5. The van der Waals surface area contributed by atoms with Gasteiger partial charge in [-0.2, -0.15) is 0 Å². The second-order valence-electron chi connectivity index (χ2n) is 4.81. The number of esters is 1. The molecule has 0 aromatic rings. The molecule has 20 heavy (non-hydrogen) atoms. The van der Waals surface area contributed by atoms with Gasteiger partial charge in [0.05, 0.1) is 32.0 Å². The molecule has 5 nitrogen and oxygen atoms in total. The van der Waals surface area contributed by atoms with Gasteiger partial charge in [0.25, 0.3) is 0 Å². The van der Waals surface area contributed by atoms with Crippen molar-refractivity contribution in [3.05, 3.63) is 12.7 Å². The summed E-state index contributed by atoms with van der Waals surface area (Å²) in [5.41, 5.74) is 0. The van der Waals surface area contributed by atoms with E-state index in [1.165, 1.54) is 0 Å². The van der Waals surface area contributed by atoms with Crippen LogP contribution in [0, 0.1) is 0 Å². The first-order valence-electron chi connectivity index (χ1n) is 7.13. The molecule has 0 fully saturated rings. The lowest BCUT2D eigenvalue weighted by Gasteiger charge is -2.19. The van der Waals surface area contributed by atoms with E-state index in [-0.39, 0.29) is 18.3 Å². The minimum atomic E-state index is -0.438. The van der Waals surface area contributed by atoms with Gasteiger partial charge in [0.15, 0.2) is 0 Å². The molecule has 0 N–H and O–H groups in total. The van der Waals surface area contributed by atoms with Gasteiger partial charge in [0.2, 0.25) is 0 Å². The lowest BCUT2D eigenvalue weighted by atomic mass is 10.4. The second-order valence-corrected chi connectivity index (χ2v) is 4.81. The fourth-order valence-electron chi connectivity index (χ4n) is 1.37. The van der Waals surface area contributed by atoms with Crippen LogP contribution in [0.5, 0.6) is 0 Å². The van der Waals surface area contributed by atoms with E-state index in [9.17, 15) is 4.79 Å². The zero-order chi connectivity index (χ0) is 15.4. The first-order chi connectivity index (χ1) is 9.49. The van der Waals surface area contributed by atoms with Crippen molar-refractivity contribution < 1.29 is 23.7 Å². The first kappa shape index (κ1) is 19.1. The number of carbonyl (C=O) groups excluding carboxylic acids is 1. The van der Waals surface area contributed by atoms with Gasteiger partial charge in [0.1, 0.15) is 6.10 Å². The van der Waals surface area contributed by atoms with E-state index in [1.54, 1.807) is 6.92 Å². The lowest BCUT2D eigenvalue weighted by molar-refractivity contribution is -0.147. The minimum absolute atomic E-state index is 0.0450. The molecule has 3 atom stereocenters. The van der Waals surface area contributed by atoms with Gasteiger partial charge in [-0.3, -0.25) is 0 Å². The van der Waals surface area contributed by atoms with Crippen LogP contribution in [0.4, 0.5) is 0 Å². The van der Waals surface area contributed by atoms with Crippen molar-refractivity contribution >= 4 is 5.97 Å². The monoisotopic (exact) mass is 288 g/mol. The number of rotatable bonds is 12. The van der Waals surface area contributed by atoms with Crippen LogP contribution in [-0.2, 0) is 23.7 Å². The Morgan fingerprint density at radius 3 is 2.15 bits per heavy atom. The average Bonchev–Trinajstić information content (AvgIpc) is 2.43. The molecule has 0 radical (unpaired) electrons. The molecule has 118 valence electrons. The Balaban J connectivity index is 3.64. The van der Waals surface area contributed by atoms with Gasteiger partial charge in [-0.25, -0.2) is 4.79 Å². The molecule has 0 aliphatic heterocycles. The summed E-state index contributed by atoms with van der Waals surface area (Å²) in [6.45, 7) is 13.2. The number of ether oxygens (including phenoxy) is 4. The fraction of sp³-hybridized carbons (Fsp3) is 0.800. The maximum atomic E-state index is 11.0. The van der Waals surface area contributed by atoms with Crippen molar-refractivity contribution in [3.63, 3.8) is 0 Å².